The summed E-state index contributed by atoms with van der Waals surface area (Å²) in [5, 5.41) is 11.8. The third-order valence-corrected chi connectivity index (χ3v) is 5.22. The molecule has 29 heavy (non-hydrogen) atoms. The molecule has 2 heterocycles. The van der Waals surface area contributed by atoms with Crippen LogP contribution in [0.25, 0.3) is 10.9 Å². The summed E-state index contributed by atoms with van der Waals surface area (Å²) in [5.74, 6) is 0.825. The van der Waals surface area contributed by atoms with Crippen LogP contribution in [0.4, 0.5) is 5.82 Å². The summed E-state index contributed by atoms with van der Waals surface area (Å²) in [6.07, 6.45) is 4.84. The molecule has 0 unspecified atom stereocenters. The lowest BCUT2D eigenvalue weighted by Crippen LogP contribution is -2.35. The maximum absolute atomic E-state index is 12.8. The van der Waals surface area contributed by atoms with Gasteiger partial charge in [0.25, 0.3) is 5.91 Å². The lowest BCUT2D eigenvalue weighted by molar-refractivity contribution is 0.0724. The number of hydrogen-bond donors (Lipinski definition) is 3. The Labute approximate surface area is 169 Å². The van der Waals surface area contributed by atoms with Crippen LogP contribution in [0.3, 0.4) is 0 Å². The number of hydrogen-bond acceptors (Lipinski definition) is 5. The smallest absolute Gasteiger partial charge is 0.253 e. The van der Waals surface area contributed by atoms with Crippen LogP contribution in [0, 0.1) is 5.41 Å². The zero-order chi connectivity index (χ0) is 20.2. The molecular weight excluding hydrogens is 364 g/mol. The minimum atomic E-state index is 0.0465. The topological polar surface area (TPSA) is 108 Å². The van der Waals surface area contributed by atoms with E-state index in [1.165, 1.54) is 12.7 Å². The molecule has 1 aromatic heterocycles. The summed E-state index contributed by atoms with van der Waals surface area (Å²) >= 11 is 0. The summed E-state index contributed by atoms with van der Waals surface area (Å²) in [5.41, 5.74) is 8.67. The molecule has 1 saturated heterocycles. The second kappa shape index (κ2) is 8.26. The molecule has 3 aromatic rings. The van der Waals surface area contributed by atoms with E-state index in [0.717, 1.165) is 42.4 Å². The molecule has 0 spiro atoms. The highest BCUT2D eigenvalue weighted by Gasteiger charge is 2.19. The molecule has 1 aliphatic heterocycles. The monoisotopic (exact) mass is 388 g/mol. The Morgan fingerprint density at radius 1 is 1.07 bits per heavy atom. The molecule has 0 aliphatic carbocycles. The van der Waals surface area contributed by atoms with E-state index < -0.39 is 0 Å². The van der Waals surface area contributed by atoms with Gasteiger partial charge in [-0.2, -0.15) is 0 Å². The number of nitrogen functional groups attached to an aromatic ring is 1. The molecule has 148 valence electrons. The van der Waals surface area contributed by atoms with Gasteiger partial charge in [0.05, 0.1) is 5.52 Å². The van der Waals surface area contributed by atoms with Gasteiger partial charge in [-0.15, -0.1) is 0 Å². The van der Waals surface area contributed by atoms with Gasteiger partial charge in [0.1, 0.15) is 18.0 Å². The number of carbonyl (C=O) groups excluding carboxylic acids is 1. The van der Waals surface area contributed by atoms with Gasteiger partial charge in [-0.05, 0) is 49.1 Å². The molecular formula is C22H24N6O. The predicted octanol–water partition coefficient (Wildman–Crippen LogP) is 3.15. The van der Waals surface area contributed by atoms with Crippen LogP contribution < -0.4 is 11.1 Å². The van der Waals surface area contributed by atoms with Gasteiger partial charge in [0, 0.05) is 36.1 Å². The molecule has 0 bridgehead atoms. The van der Waals surface area contributed by atoms with Crippen molar-refractivity contribution in [2.75, 3.05) is 18.4 Å². The van der Waals surface area contributed by atoms with E-state index in [4.69, 9.17) is 11.1 Å². The van der Waals surface area contributed by atoms with Crippen molar-refractivity contribution in [2.45, 2.75) is 25.8 Å². The largest absolute Gasteiger partial charge is 0.384 e. The van der Waals surface area contributed by atoms with Crippen molar-refractivity contribution in [3.05, 3.63) is 65.5 Å². The number of carbonyl (C=O) groups is 1. The number of nitrogens with two attached hydrogens (primary N) is 1. The quantitative estimate of drug-likeness (QED) is 0.460. The molecule has 0 atom stereocenters. The maximum Gasteiger partial charge on any atom is 0.253 e. The first kappa shape index (κ1) is 18.9. The number of benzene rings is 2. The highest BCUT2D eigenvalue weighted by molar-refractivity contribution is 5.99. The number of amidine groups is 1. The van der Waals surface area contributed by atoms with E-state index in [9.17, 15) is 4.79 Å². The molecule has 0 saturated carbocycles. The van der Waals surface area contributed by atoms with Gasteiger partial charge in [-0.1, -0.05) is 18.2 Å². The lowest BCUT2D eigenvalue weighted by Gasteiger charge is -2.26. The number of likely N-dealkylation sites (tertiary alicyclic amines) is 1. The Balaban J connectivity index is 1.54. The van der Waals surface area contributed by atoms with E-state index in [2.05, 4.69) is 15.3 Å². The highest BCUT2D eigenvalue weighted by Crippen LogP contribution is 2.22. The van der Waals surface area contributed by atoms with E-state index in [1.54, 1.807) is 0 Å². The Kier molecular flexibility index (Phi) is 5.37. The van der Waals surface area contributed by atoms with Gasteiger partial charge in [-0.3, -0.25) is 10.2 Å². The Bertz CT molecular complexity index is 1060. The summed E-state index contributed by atoms with van der Waals surface area (Å²) in [6.45, 7) is 2.20. The zero-order valence-electron chi connectivity index (χ0n) is 16.2. The number of fused-ring (bicyclic) bond motifs is 1. The third-order valence-electron chi connectivity index (χ3n) is 5.22. The Morgan fingerprint density at radius 2 is 1.90 bits per heavy atom. The SMILES string of the molecule is N=C(N)c1cccc(CNc2ncnc3cc(C(=O)N4CCCCC4)ccc23)c1. The van der Waals surface area contributed by atoms with Crippen molar-refractivity contribution < 1.29 is 4.79 Å². The first-order chi connectivity index (χ1) is 14.1. The van der Waals surface area contributed by atoms with Gasteiger partial charge in [-0.25, -0.2) is 9.97 Å². The number of aromatic nitrogens is 2. The van der Waals surface area contributed by atoms with Gasteiger partial charge in [0.2, 0.25) is 0 Å². The number of anilines is 1. The first-order valence-corrected chi connectivity index (χ1v) is 9.83. The van der Waals surface area contributed by atoms with Crippen molar-refractivity contribution in [2.24, 2.45) is 5.73 Å². The molecule has 7 heteroatoms. The van der Waals surface area contributed by atoms with E-state index in [1.807, 2.05) is 47.4 Å². The lowest BCUT2D eigenvalue weighted by atomic mass is 10.1. The fraction of sp³-hybridized carbons (Fsp3) is 0.273. The number of nitrogens with one attached hydrogen (secondary N) is 2. The average Bonchev–Trinajstić information content (AvgIpc) is 2.77. The van der Waals surface area contributed by atoms with Crippen LogP contribution >= 0.6 is 0 Å². The van der Waals surface area contributed by atoms with Crippen molar-refractivity contribution in [1.29, 1.82) is 5.41 Å². The van der Waals surface area contributed by atoms with Gasteiger partial charge >= 0.3 is 0 Å². The second-order valence-electron chi connectivity index (χ2n) is 7.27. The van der Waals surface area contributed by atoms with Crippen LogP contribution in [-0.2, 0) is 6.54 Å². The molecule has 7 nitrogen and oxygen atoms in total. The van der Waals surface area contributed by atoms with Gasteiger partial charge in [0.15, 0.2) is 0 Å². The second-order valence-corrected chi connectivity index (χ2v) is 7.27. The minimum Gasteiger partial charge on any atom is -0.384 e. The molecule has 1 aliphatic rings. The standard InChI is InChI=1S/C22H24N6O/c23-20(24)16-6-4-5-15(11-16)13-25-21-18-8-7-17(12-19(18)26-14-27-21)22(29)28-9-2-1-3-10-28/h4-8,11-12,14H,1-3,9-10,13H2,(H3,23,24)(H,25,26,27). The molecule has 4 rings (SSSR count). The number of nitrogens with zero attached hydrogens (tertiary/aromatic N) is 3. The van der Waals surface area contributed by atoms with Crippen molar-refractivity contribution in [3.63, 3.8) is 0 Å². The maximum atomic E-state index is 12.8. The molecule has 0 radical (unpaired) electrons. The molecule has 2 aromatic carbocycles. The number of piperidine rings is 1. The third kappa shape index (κ3) is 4.18. The fourth-order valence-electron chi connectivity index (χ4n) is 3.65. The Hall–Kier alpha value is -3.48. The van der Waals surface area contributed by atoms with E-state index in [0.29, 0.717) is 23.5 Å². The van der Waals surface area contributed by atoms with Crippen LogP contribution in [0.5, 0.6) is 0 Å². The summed E-state index contributed by atoms with van der Waals surface area (Å²) in [7, 11) is 0. The summed E-state index contributed by atoms with van der Waals surface area (Å²) in [6, 6.07) is 13.1. The predicted molar refractivity (Wildman–Crippen MR) is 114 cm³/mol. The number of rotatable bonds is 5. The minimum absolute atomic E-state index is 0.0465. The molecule has 1 fully saturated rings. The van der Waals surface area contributed by atoms with E-state index in [-0.39, 0.29) is 11.7 Å². The Morgan fingerprint density at radius 3 is 2.69 bits per heavy atom. The summed E-state index contributed by atoms with van der Waals surface area (Å²) in [4.78, 5) is 23.4. The highest BCUT2D eigenvalue weighted by atomic mass is 16.2. The zero-order valence-corrected chi connectivity index (χ0v) is 16.2. The average molecular weight is 388 g/mol. The van der Waals surface area contributed by atoms with Crippen LogP contribution in [0.2, 0.25) is 0 Å². The van der Waals surface area contributed by atoms with Crippen molar-refractivity contribution in [3.8, 4) is 0 Å². The van der Waals surface area contributed by atoms with Crippen LogP contribution in [0.15, 0.2) is 48.8 Å². The van der Waals surface area contributed by atoms with Crippen LogP contribution in [0.1, 0.15) is 40.7 Å². The van der Waals surface area contributed by atoms with Crippen molar-refractivity contribution in [1.82, 2.24) is 14.9 Å². The fourth-order valence-corrected chi connectivity index (χ4v) is 3.65. The van der Waals surface area contributed by atoms with Crippen LogP contribution in [-0.4, -0.2) is 39.7 Å². The normalized spacial score (nSPS) is 14.0. The van der Waals surface area contributed by atoms with Gasteiger partial charge < -0.3 is 16.0 Å². The summed E-state index contributed by atoms with van der Waals surface area (Å²) < 4.78 is 0. The van der Waals surface area contributed by atoms with Crippen molar-refractivity contribution >= 4 is 28.5 Å². The van der Waals surface area contributed by atoms with E-state index >= 15 is 0 Å². The first-order valence-electron chi connectivity index (χ1n) is 9.83. The molecule has 4 N–H and O–H groups in total. The molecule has 1 amide bonds. The number of amides is 1.